The number of ether oxygens (including phenoxy) is 1. The summed E-state index contributed by atoms with van der Waals surface area (Å²) in [6.45, 7) is 0.969. The molecule has 31 heavy (non-hydrogen) atoms. The second kappa shape index (κ2) is 9.42. The summed E-state index contributed by atoms with van der Waals surface area (Å²) in [6.07, 6.45) is 2.08. The number of aromatic amines is 1. The van der Waals surface area contributed by atoms with Gasteiger partial charge in [0.25, 0.3) is 5.56 Å². The third kappa shape index (κ3) is 5.09. The van der Waals surface area contributed by atoms with Crippen LogP contribution in [-0.2, 0) is 17.6 Å². The van der Waals surface area contributed by atoms with Crippen LogP contribution in [0.25, 0.3) is 0 Å². The fourth-order valence-electron chi connectivity index (χ4n) is 3.55. The second-order valence-corrected chi connectivity index (χ2v) is 7.33. The van der Waals surface area contributed by atoms with Gasteiger partial charge in [0.05, 0.1) is 30.1 Å². The lowest BCUT2D eigenvalue weighted by Gasteiger charge is -2.19. The van der Waals surface area contributed by atoms with Crippen molar-refractivity contribution in [3.63, 3.8) is 0 Å². The third-order valence-corrected chi connectivity index (χ3v) is 5.08. The van der Waals surface area contributed by atoms with Crippen molar-refractivity contribution in [3.8, 4) is 5.75 Å². The van der Waals surface area contributed by atoms with E-state index >= 15 is 0 Å². The minimum Gasteiger partial charge on any atom is -0.493 e. The molecule has 0 spiro atoms. The molecule has 0 radical (unpaired) electrons. The number of rotatable bonds is 7. The Bertz CT molecular complexity index is 1130. The molecule has 7 nitrogen and oxygen atoms in total. The lowest BCUT2D eigenvalue weighted by atomic mass is 10.0. The van der Waals surface area contributed by atoms with Gasteiger partial charge in [0.15, 0.2) is 0 Å². The van der Waals surface area contributed by atoms with Crippen LogP contribution in [0.5, 0.6) is 5.75 Å². The van der Waals surface area contributed by atoms with E-state index in [2.05, 4.69) is 20.8 Å². The summed E-state index contributed by atoms with van der Waals surface area (Å²) >= 11 is 0. The van der Waals surface area contributed by atoms with Gasteiger partial charge >= 0.3 is 0 Å². The largest absolute Gasteiger partial charge is 0.493 e. The van der Waals surface area contributed by atoms with Crippen LogP contribution in [0.1, 0.15) is 29.7 Å². The summed E-state index contributed by atoms with van der Waals surface area (Å²) in [4.78, 5) is 24.2. The number of nitrogens with one attached hydrogen (secondary N) is 3. The van der Waals surface area contributed by atoms with Crippen LogP contribution in [0.3, 0.4) is 0 Å². The lowest BCUT2D eigenvalue weighted by Crippen LogP contribution is -2.25. The van der Waals surface area contributed by atoms with Crippen molar-refractivity contribution in [2.45, 2.75) is 25.7 Å². The summed E-state index contributed by atoms with van der Waals surface area (Å²) in [5.74, 6) is -0.183. The highest BCUT2D eigenvalue weighted by atomic mass is 19.1. The van der Waals surface area contributed by atoms with Gasteiger partial charge in [-0.15, -0.1) is 0 Å². The number of hydrogen-bond acceptors (Lipinski definition) is 5. The zero-order chi connectivity index (χ0) is 21.6. The predicted molar refractivity (Wildman–Crippen MR) is 116 cm³/mol. The minimum atomic E-state index is -0.518. The molecule has 0 atom stereocenters. The minimum absolute atomic E-state index is 0.0947. The summed E-state index contributed by atoms with van der Waals surface area (Å²) in [6, 6.07) is 13.7. The topological polar surface area (TPSA) is 96.1 Å². The lowest BCUT2D eigenvalue weighted by molar-refractivity contribution is -0.116. The molecule has 2 heterocycles. The summed E-state index contributed by atoms with van der Waals surface area (Å²) in [5.41, 5.74) is 2.83. The highest BCUT2D eigenvalue weighted by Gasteiger charge is 2.18. The van der Waals surface area contributed by atoms with Crippen molar-refractivity contribution in [1.29, 1.82) is 0 Å². The highest BCUT2D eigenvalue weighted by molar-refractivity contribution is 5.91. The van der Waals surface area contributed by atoms with Gasteiger partial charge in [-0.05, 0) is 42.7 Å². The molecule has 1 aliphatic rings. The first kappa shape index (κ1) is 20.6. The van der Waals surface area contributed by atoms with Gasteiger partial charge in [-0.2, -0.15) is 5.10 Å². The predicted octanol–water partition coefficient (Wildman–Crippen LogP) is 3.27. The van der Waals surface area contributed by atoms with Crippen LogP contribution in [0, 0.1) is 5.82 Å². The SMILES string of the molecule is O=C(CCOc1ccccc1)Nc1cc(Cc2n[nH]c(=O)c3c2NCCC3)ccc1F. The highest BCUT2D eigenvalue weighted by Crippen LogP contribution is 2.25. The van der Waals surface area contributed by atoms with E-state index in [1.807, 2.05) is 18.2 Å². The molecule has 0 bridgehead atoms. The van der Waals surface area contributed by atoms with Crippen LogP contribution >= 0.6 is 0 Å². The summed E-state index contributed by atoms with van der Waals surface area (Å²) < 4.78 is 19.8. The molecule has 4 rings (SSSR count). The third-order valence-electron chi connectivity index (χ3n) is 5.08. The van der Waals surface area contributed by atoms with E-state index in [9.17, 15) is 14.0 Å². The molecule has 2 aromatic carbocycles. The van der Waals surface area contributed by atoms with Crippen molar-refractivity contribution >= 4 is 17.3 Å². The summed E-state index contributed by atoms with van der Waals surface area (Å²) in [5, 5.41) is 12.6. The van der Waals surface area contributed by atoms with Crippen molar-refractivity contribution in [2.24, 2.45) is 0 Å². The van der Waals surface area contributed by atoms with Crippen LogP contribution in [0.15, 0.2) is 53.3 Å². The molecular formula is C23H23FN4O3. The van der Waals surface area contributed by atoms with Gasteiger partial charge in [-0.25, -0.2) is 9.49 Å². The van der Waals surface area contributed by atoms with Crippen molar-refractivity contribution in [3.05, 3.63) is 81.5 Å². The van der Waals surface area contributed by atoms with Gasteiger partial charge in [0, 0.05) is 18.5 Å². The molecular weight excluding hydrogens is 399 g/mol. The van der Waals surface area contributed by atoms with Gasteiger partial charge in [0.1, 0.15) is 11.6 Å². The number of para-hydroxylation sites is 1. The maximum atomic E-state index is 14.3. The molecule has 1 aliphatic heterocycles. The normalized spacial score (nSPS) is 12.5. The number of carbonyl (C=O) groups excluding carboxylic acids is 1. The number of hydrogen-bond donors (Lipinski definition) is 3. The number of halogens is 1. The smallest absolute Gasteiger partial charge is 0.269 e. The Morgan fingerprint density at radius 2 is 2.03 bits per heavy atom. The van der Waals surface area contributed by atoms with E-state index in [-0.39, 0.29) is 30.2 Å². The molecule has 0 fully saturated rings. The van der Waals surface area contributed by atoms with Crippen molar-refractivity contribution in [2.75, 3.05) is 23.8 Å². The number of nitrogens with zero attached hydrogens (tertiary/aromatic N) is 1. The van der Waals surface area contributed by atoms with Gasteiger partial charge in [0.2, 0.25) is 5.91 Å². The van der Waals surface area contributed by atoms with E-state index < -0.39 is 5.82 Å². The molecule has 0 saturated carbocycles. The van der Waals surface area contributed by atoms with Gasteiger partial charge in [-0.3, -0.25) is 9.59 Å². The molecule has 1 amide bonds. The van der Waals surface area contributed by atoms with Crippen molar-refractivity contribution < 1.29 is 13.9 Å². The number of aromatic nitrogens is 2. The Morgan fingerprint density at radius 1 is 1.19 bits per heavy atom. The van der Waals surface area contributed by atoms with Crippen LogP contribution in [0.4, 0.5) is 15.8 Å². The second-order valence-electron chi connectivity index (χ2n) is 7.33. The first-order valence-corrected chi connectivity index (χ1v) is 10.2. The van der Waals surface area contributed by atoms with E-state index in [1.54, 1.807) is 24.3 Å². The number of benzene rings is 2. The zero-order valence-electron chi connectivity index (χ0n) is 16.9. The maximum absolute atomic E-state index is 14.3. The molecule has 3 aromatic rings. The number of amides is 1. The molecule has 0 saturated heterocycles. The average molecular weight is 422 g/mol. The first-order valence-electron chi connectivity index (χ1n) is 10.2. The molecule has 3 N–H and O–H groups in total. The van der Waals surface area contributed by atoms with Gasteiger partial charge in [-0.1, -0.05) is 24.3 Å². The van der Waals surface area contributed by atoms with E-state index in [0.29, 0.717) is 29.8 Å². The quantitative estimate of drug-likeness (QED) is 0.543. The molecule has 0 aliphatic carbocycles. The fraction of sp³-hybridized carbons (Fsp3) is 0.261. The molecule has 8 heteroatoms. The number of fused-ring (bicyclic) bond motifs is 1. The molecule has 160 valence electrons. The Morgan fingerprint density at radius 3 is 2.87 bits per heavy atom. The Kier molecular flexibility index (Phi) is 6.26. The van der Waals surface area contributed by atoms with Gasteiger partial charge < -0.3 is 15.4 Å². The molecule has 1 aromatic heterocycles. The van der Waals surface area contributed by atoms with Crippen LogP contribution < -0.4 is 20.9 Å². The van der Waals surface area contributed by atoms with E-state index in [0.717, 1.165) is 24.2 Å². The Labute approximate surface area is 178 Å². The number of H-pyrrole nitrogens is 1. The maximum Gasteiger partial charge on any atom is 0.269 e. The van der Waals surface area contributed by atoms with Crippen molar-refractivity contribution in [1.82, 2.24) is 10.2 Å². The zero-order valence-corrected chi connectivity index (χ0v) is 16.9. The summed E-state index contributed by atoms with van der Waals surface area (Å²) in [7, 11) is 0. The number of carbonyl (C=O) groups is 1. The Hall–Kier alpha value is -3.68. The Balaban J connectivity index is 1.42. The first-order chi connectivity index (χ1) is 15.1. The molecule has 0 unspecified atom stereocenters. The standard InChI is InChI=1S/C23H23FN4O3/c24-18-9-8-15(14-20-22-17(7-4-11-25-22)23(30)28-27-20)13-19(18)26-21(29)10-12-31-16-5-2-1-3-6-16/h1-3,5-6,8-9,13,25H,4,7,10-12,14H2,(H,26,29)(H,28,30). The van der Waals surface area contributed by atoms with Crippen LogP contribution in [-0.4, -0.2) is 29.3 Å². The number of anilines is 2. The van der Waals surface area contributed by atoms with E-state index in [4.69, 9.17) is 4.74 Å². The monoisotopic (exact) mass is 422 g/mol. The van der Waals surface area contributed by atoms with E-state index in [1.165, 1.54) is 6.07 Å². The fourth-order valence-corrected chi connectivity index (χ4v) is 3.55. The van der Waals surface area contributed by atoms with Crippen LogP contribution in [0.2, 0.25) is 0 Å². The average Bonchev–Trinajstić information content (AvgIpc) is 2.79.